The fraction of sp³-hybridized carbons (Fsp3) is 0.429. The first-order valence-electron chi connectivity index (χ1n) is 15.3. The van der Waals surface area contributed by atoms with Crippen molar-refractivity contribution in [3.63, 3.8) is 0 Å². The largest absolute Gasteiger partial charge is 0.405 e. The van der Waals surface area contributed by atoms with Crippen LogP contribution >= 0.6 is 0 Å². The zero-order valence-corrected chi connectivity index (χ0v) is 24.5. The van der Waals surface area contributed by atoms with E-state index in [-0.39, 0.29) is 5.91 Å². The lowest BCUT2D eigenvalue weighted by Crippen LogP contribution is -2.47. The topological polar surface area (TPSA) is 61.4 Å². The molecule has 2 aliphatic rings. The first kappa shape index (κ1) is 30.8. The third kappa shape index (κ3) is 7.47. The first-order chi connectivity index (χ1) is 20.8. The van der Waals surface area contributed by atoms with Crippen LogP contribution in [0.1, 0.15) is 55.2 Å². The summed E-state index contributed by atoms with van der Waals surface area (Å²) < 4.78 is 39.4. The lowest BCUT2D eigenvalue weighted by molar-refractivity contribution is -0.141. The number of benzene rings is 3. The molecular formula is C35H40F3N3O2. The number of piperidine rings is 1. The van der Waals surface area contributed by atoms with Crippen LogP contribution in [0.4, 0.5) is 13.2 Å². The average molecular weight is 592 g/mol. The van der Waals surface area contributed by atoms with E-state index in [1.807, 2.05) is 78.9 Å². The molecule has 1 unspecified atom stereocenters. The Morgan fingerprint density at radius 3 is 2.19 bits per heavy atom. The molecule has 3 aromatic rings. The minimum absolute atomic E-state index is 0.0761. The number of unbranched alkanes of at least 4 members (excludes halogenated alkanes) is 1. The zero-order valence-electron chi connectivity index (χ0n) is 24.5. The molecule has 5 rings (SSSR count). The maximum absolute atomic E-state index is 13.7. The number of rotatable bonds is 12. The van der Waals surface area contributed by atoms with E-state index in [2.05, 4.69) is 15.5 Å². The molecule has 1 heterocycles. The number of amides is 2. The highest BCUT2D eigenvalue weighted by Gasteiger charge is 2.49. The van der Waals surface area contributed by atoms with Crippen molar-refractivity contribution in [1.29, 1.82) is 0 Å². The van der Waals surface area contributed by atoms with Gasteiger partial charge in [-0.15, -0.1) is 0 Å². The van der Waals surface area contributed by atoms with Crippen LogP contribution in [0.5, 0.6) is 0 Å². The maximum atomic E-state index is 13.7. The molecule has 3 aromatic carbocycles. The summed E-state index contributed by atoms with van der Waals surface area (Å²) in [7, 11) is 0. The van der Waals surface area contributed by atoms with Crippen molar-refractivity contribution < 1.29 is 22.8 Å². The number of hydrogen-bond donors (Lipinski definition) is 2. The maximum Gasteiger partial charge on any atom is 0.405 e. The highest BCUT2D eigenvalue weighted by molar-refractivity contribution is 6.00. The predicted molar refractivity (Wildman–Crippen MR) is 163 cm³/mol. The number of likely N-dealkylation sites (tertiary alicyclic amines) is 1. The second-order valence-corrected chi connectivity index (χ2v) is 11.8. The lowest BCUT2D eigenvalue weighted by atomic mass is 9.73. The number of alkyl halides is 3. The quantitative estimate of drug-likeness (QED) is 0.245. The molecule has 1 fully saturated rings. The zero-order chi connectivity index (χ0) is 30.3. The molecule has 5 nitrogen and oxygen atoms in total. The summed E-state index contributed by atoms with van der Waals surface area (Å²) >= 11 is 0. The number of halogens is 3. The van der Waals surface area contributed by atoms with E-state index in [9.17, 15) is 22.8 Å². The average Bonchev–Trinajstić information content (AvgIpc) is 3.31. The highest BCUT2D eigenvalue weighted by atomic mass is 19.4. The smallest absolute Gasteiger partial charge is 0.356 e. The summed E-state index contributed by atoms with van der Waals surface area (Å²) in [6.07, 6.45) is 0.814. The van der Waals surface area contributed by atoms with E-state index in [0.29, 0.717) is 31.7 Å². The van der Waals surface area contributed by atoms with E-state index in [1.54, 1.807) is 0 Å². The van der Waals surface area contributed by atoms with Gasteiger partial charge in [-0.1, -0.05) is 85.3 Å². The van der Waals surface area contributed by atoms with E-state index in [4.69, 9.17) is 0 Å². The number of nitrogens with one attached hydrogen (secondary N) is 2. The Morgan fingerprint density at radius 2 is 1.51 bits per heavy atom. The predicted octanol–water partition coefficient (Wildman–Crippen LogP) is 6.26. The summed E-state index contributed by atoms with van der Waals surface area (Å²) in [5.74, 6) is -0.127. The summed E-state index contributed by atoms with van der Waals surface area (Å²) in [5.41, 5.74) is 3.36. The molecule has 0 radical (unpaired) electrons. The van der Waals surface area contributed by atoms with Gasteiger partial charge in [0.2, 0.25) is 11.8 Å². The van der Waals surface area contributed by atoms with Crippen LogP contribution in [-0.2, 0) is 21.4 Å². The van der Waals surface area contributed by atoms with Gasteiger partial charge in [0, 0.05) is 19.5 Å². The molecule has 228 valence electrons. The molecule has 2 amide bonds. The van der Waals surface area contributed by atoms with Crippen molar-refractivity contribution >= 4 is 11.8 Å². The van der Waals surface area contributed by atoms with E-state index < -0.39 is 24.0 Å². The van der Waals surface area contributed by atoms with Crippen LogP contribution in [0.15, 0.2) is 78.9 Å². The fourth-order valence-corrected chi connectivity index (χ4v) is 6.78. The molecule has 0 bridgehead atoms. The SMILES string of the molecule is O=C(CCc1ccccc1)NCC1CCCN(CCCCC2(C(=O)NCC(F)(F)F)c3ccccc3-c3ccccc32)C1. The van der Waals surface area contributed by atoms with Gasteiger partial charge in [0.1, 0.15) is 12.0 Å². The van der Waals surface area contributed by atoms with Gasteiger partial charge in [0.05, 0.1) is 0 Å². The Morgan fingerprint density at radius 1 is 0.860 bits per heavy atom. The van der Waals surface area contributed by atoms with Gasteiger partial charge in [0.25, 0.3) is 0 Å². The Balaban J connectivity index is 1.17. The molecule has 0 saturated carbocycles. The number of nitrogens with zero attached hydrogens (tertiary/aromatic N) is 1. The molecule has 8 heteroatoms. The standard InChI is InChI=1S/C35H40F3N3O2/c36-35(37,38)25-40-33(43)34(30-16-6-4-14-28(30)29-15-5-7-17-31(29)34)20-8-9-21-41-22-10-13-27(24-41)23-39-32(42)19-18-26-11-2-1-3-12-26/h1-7,11-12,14-17,27H,8-10,13,18-25H2,(H,39,42)(H,40,43). The molecule has 0 aromatic heterocycles. The molecule has 1 aliphatic carbocycles. The van der Waals surface area contributed by atoms with Gasteiger partial charge in [-0.2, -0.15) is 13.2 Å². The lowest BCUT2D eigenvalue weighted by Gasteiger charge is -2.34. The van der Waals surface area contributed by atoms with Crippen LogP contribution in [0, 0.1) is 5.92 Å². The Bertz CT molecular complexity index is 1350. The number of carbonyl (C=O) groups is 2. The molecule has 0 spiro atoms. The molecule has 1 atom stereocenters. The van der Waals surface area contributed by atoms with Crippen LogP contribution in [0.3, 0.4) is 0 Å². The van der Waals surface area contributed by atoms with Gasteiger partial charge < -0.3 is 15.5 Å². The number of aryl methyl sites for hydroxylation is 1. The van der Waals surface area contributed by atoms with Gasteiger partial charge >= 0.3 is 6.18 Å². The van der Waals surface area contributed by atoms with Crippen molar-refractivity contribution in [3.05, 3.63) is 95.6 Å². The van der Waals surface area contributed by atoms with Crippen LogP contribution in [0.25, 0.3) is 11.1 Å². The van der Waals surface area contributed by atoms with Crippen molar-refractivity contribution in [2.45, 2.75) is 56.5 Å². The minimum atomic E-state index is -4.49. The molecule has 43 heavy (non-hydrogen) atoms. The Hall–Kier alpha value is -3.65. The van der Waals surface area contributed by atoms with Gasteiger partial charge in [0.15, 0.2) is 0 Å². The van der Waals surface area contributed by atoms with Gasteiger partial charge in [-0.3, -0.25) is 9.59 Å². The number of hydrogen-bond acceptors (Lipinski definition) is 3. The van der Waals surface area contributed by atoms with Crippen molar-refractivity contribution in [2.24, 2.45) is 5.92 Å². The van der Waals surface area contributed by atoms with Crippen LogP contribution < -0.4 is 10.6 Å². The second kappa shape index (κ2) is 13.8. The van der Waals surface area contributed by atoms with Crippen molar-refractivity contribution in [1.82, 2.24) is 15.5 Å². The van der Waals surface area contributed by atoms with Gasteiger partial charge in [-0.05, 0) is 78.9 Å². The summed E-state index contributed by atoms with van der Waals surface area (Å²) in [5, 5.41) is 5.33. The van der Waals surface area contributed by atoms with Gasteiger partial charge in [-0.25, -0.2) is 0 Å². The van der Waals surface area contributed by atoms with Crippen molar-refractivity contribution in [3.8, 4) is 11.1 Å². The molecular weight excluding hydrogens is 551 g/mol. The van der Waals surface area contributed by atoms with E-state index in [0.717, 1.165) is 73.1 Å². The third-order valence-electron chi connectivity index (χ3n) is 8.85. The highest BCUT2D eigenvalue weighted by Crippen LogP contribution is 2.51. The van der Waals surface area contributed by atoms with Crippen molar-refractivity contribution in [2.75, 3.05) is 32.7 Å². The third-order valence-corrected chi connectivity index (χ3v) is 8.85. The number of fused-ring (bicyclic) bond motifs is 3. The van der Waals surface area contributed by atoms with Crippen LogP contribution in [-0.4, -0.2) is 55.6 Å². The monoisotopic (exact) mass is 591 g/mol. The molecule has 2 N–H and O–H groups in total. The summed E-state index contributed by atoms with van der Waals surface area (Å²) in [4.78, 5) is 28.5. The van der Waals surface area contributed by atoms with E-state index in [1.165, 1.54) is 0 Å². The Labute approximate surface area is 251 Å². The normalized spacial score (nSPS) is 17.6. The minimum Gasteiger partial charge on any atom is -0.356 e. The second-order valence-electron chi connectivity index (χ2n) is 11.8. The van der Waals surface area contributed by atoms with Crippen LogP contribution in [0.2, 0.25) is 0 Å². The first-order valence-corrected chi connectivity index (χ1v) is 15.3. The van der Waals surface area contributed by atoms with E-state index >= 15 is 0 Å². The molecule has 1 aliphatic heterocycles. The fourth-order valence-electron chi connectivity index (χ4n) is 6.78. The Kier molecular flexibility index (Phi) is 9.86. The summed E-state index contributed by atoms with van der Waals surface area (Å²) in [6.45, 7) is 2.06. The summed E-state index contributed by atoms with van der Waals surface area (Å²) in [6, 6.07) is 25.2. The molecule has 1 saturated heterocycles. The number of carbonyl (C=O) groups excluding carboxylic acids is 2.